The first-order chi connectivity index (χ1) is 13.0. The van der Waals surface area contributed by atoms with Crippen molar-refractivity contribution in [3.05, 3.63) is 97.1 Å². The molecule has 2 nitrogen and oxygen atoms in total. The van der Waals surface area contributed by atoms with E-state index in [0.717, 1.165) is 42.4 Å². The second-order valence-corrected chi connectivity index (χ2v) is 8.95. The lowest BCUT2D eigenvalue weighted by molar-refractivity contribution is 0.624. The average molecular weight is 553 g/mol. The van der Waals surface area contributed by atoms with Gasteiger partial charge in [-0.05, 0) is 69.5 Å². The van der Waals surface area contributed by atoms with E-state index in [1.807, 2.05) is 47.5 Å². The van der Waals surface area contributed by atoms with Crippen LogP contribution in [0.25, 0.3) is 0 Å². The standard InChI is InChI=1S/C21H14Br3FN2/c22-15-5-1-13(2-6-15)19-12-21(14-3-8-17(25)9-4-14)27(26-19)20-10-7-16(23)11-18(20)24/h1-11,21H,12H2/t21-/m1/s1. The first-order valence-corrected chi connectivity index (χ1v) is 10.7. The highest BCUT2D eigenvalue weighted by Crippen LogP contribution is 2.40. The van der Waals surface area contributed by atoms with Crippen molar-refractivity contribution in [3.63, 3.8) is 0 Å². The number of anilines is 1. The lowest BCUT2D eigenvalue weighted by atomic mass is 9.98. The summed E-state index contributed by atoms with van der Waals surface area (Å²) in [7, 11) is 0. The van der Waals surface area contributed by atoms with Gasteiger partial charge in [0.25, 0.3) is 0 Å². The number of nitrogens with zero attached hydrogens (tertiary/aromatic N) is 2. The first kappa shape index (κ1) is 18.8. The van der Waals surface area contributed by atoms with Crippen LogP contribution in [0.1, 0.15) is 23.6 Å². The summed E-state index contributed by atoms with van der Waals surface area (Å²) in [6.07, 6.45) is 0.746. The molecule has 0 bridgehead atoms. The van der Waals surface area contributed by atoms with Gasteiger partial charge in [-0.2, -0.15) is 5.10 Å². The molecule has 1 atom stereocenters. The van der Waals surface area contributed by atoms with Crippen LogP contribution in [0.5, 0.6) is 0 Å². The molecule has 0 aliphatic carbocycles. The van der Waals surface area contributed by atoms with Crippen LogP contribution in [0.4, 0.5) is 10.1 Å². The van der Waals surface area contributed by atoms with E-state index in [1.54, 1.807) is 0 Å². The molecule has 0 saturated carbocycles. The van der Waals surface area contributed by atoms with Gasteiger partial charge in [-0.1, -0.05) is 56.1 Å². The Labute approximate surface area is 182 Å². The quantitative estimate of drug-likeness (QED) is 0.329. The zero-order valence-corrected chi connectivity index (χ0v) is 18.8. The van der Waals surface area contributed by atoms with Gasteiger partial charge in [0, 0.05) is 19.8 Å². The Morgan fingerprint density at radius 3 is 2.19 bits per heavy atom. The van der Waals surface area contributed by atoms with Crippen LogP contribution in [-0.4, -0.2) is 5.71 Å². The van der Waals surface area contributed by atoms with Gasteiger partial charge in [-0.3, -0.25) is 5.01 Å². The summed E-state index contributed by atoms with van der Waals surface area (Å²) in [6.45, 7) is 0. The summed E-state index contributed by atoms with van der Waals surface area (Å²) in [5.41, 5.74) is 4.09. The van der Waals surface area contributed by atoms with Crippen LogP contribution in [0.15, 0.2) is 85.2 Å². The molecule has 4 rings (SSSR count). The lowest BCUT2D eigenvalue weighted by Gasteiger charge is -2.25. The van der Waals surface area contributed by atoms with Gasteiger partial charge < -0.3 is 0 Å². The Morgan fingerprint density at radius 2 is 1.52 bits per heavy atom. The van der Waals surface area contributed by atoms with E-state index in [1.165, 1.54) is 12.1 Å². The van der Waals surface area contributed by atoms with Gasteiger partial charge >= 0.3 is 0 Å². The van der Waals surface area contributed by atoms with Crippen molar-refractivity contribution < 1.29 is 4.39 Å². The zero-order valence-electron chi connectivity index (χ0n) is 14.0. The Morgan fingerprint density at radius 1 is 0.852 bits per heavy atom. The fraction of sp³-hybridized carbons (Fsp3) is 0.0952. The Bertz CT molecular complexity index is 1000. The summed E-state index contributed by atoms with van der Waals surface area (Å²) in [5.74, 6) is -0.234. The largest absolute Gasteiger partial charge is 0.256 e. The van der Waals surface area contributed by atoms with Crippen molar-refractivity contribution in [3.8, 4) is 0 Å². The lowest BCUT2D eigenvalue weighted by Crippen LogP contribution is -2.19. The van der Waals surface area contributed by atoms with Gasteiger partial charge in [-0.15, -0.1) is 0 Å². The normalized spacial score (nSPS) is 16.5. The van der Waals surface area contributed by atoms with E-state index < -0.39 is 0 Å². The van der Waals surface area contributed by atoms with Gasteiger partial charge in [0.1, 0.15) is 5.82 Å². The summed E-state index contributed by atoms with van der Waals surface area (Å²) in [4.78, 5) is 0. The molecule has 0 fully saturated rings. The molecule has 1 heterocycles. The van der Waals surface area contributed by atoms with Crippen LogP contribution >= 0.6 is 47.8 Å². The van der Waals surface area contributed by atoms with Crippen molar-refractivity contribution in [1.82, 2.24) is 0 Å². The molecule has 27 heavy (non-hydrogen) atoms. The smallest absolute Gasteiger partial charge is 0.123 e. The minimum Gasteiger partial charge on any atom is -0.256 e. The Hall–Kier alpha value is -1.50. The van der Waals surface area contributed by atoms with E-state index >= 15 is 0 Å². The highest BCUT2D eigenvalue weighted by molar-refractivity contribution is 9.11. The maximum Gasteiger partial charge on any atom is 0.123 e. The number of hydrazone groups is 1. The summed E-state index contributed by atoms with van der Waals surface area (Å²) in [5, 5.41) is 6.94. The van der Waals surface area contributed by atoms with Crippen molar-refractivity contribution in [2.45, 2.75) is 12.5 Å². The molecule has 0 N–H and O–H groups in total. The van der Waals surface area contributed by atoms with Gasteiger partial charge in [0.15, 0.2) is 0 Å². The second kappa shape index (κ2) is 7.86. The van der Waals surface area contributed by atoms with Crippen LogP contribution in [0, 0.1) is 5.82 Å². The monoisotopic (exact) mass is 550 g/mol. The van der Waals surface area contributed by atoms with E-state index in [4.69, 9.17) is 5.10 Å². The fourth-order valence-electron chi connectivity index (χ4n) is 3.16. The summed E-state index contributed by atoms with van der Waals surface area (Å²) >= 11 is 10.6. The fourth-order valence-corrected chi connectivity index (χ4v) is 4.65. The number of benzene rings is 3. The van der Waals surface area contributed by atoms with Gasteiger partial charge in [0.2, 0.25) is 0 Å². The van der Waals surface area contributed by atoms with Gasteiger partial charge in [-0.25, -0.2) is 4.39 Å². The molecule has 3 aromatic rings. The highest BCUT2D eigenvalue weighted by atomic mass is 79.9. The summed E-state index contributed by atoms with van der Waals surface area (Å²) in [6, 6.07) is 20.9. The van der Waals surface area contributed by atoms with E-state index in [2.05, 4.69) is 59.9 Å². The second-order valence-electron chi connectivity index (χ2n) is 6.27. The van der Waals surface area contributed by atoms with Crippen LogP contribution < -0.4 is 5.01 Å². The minimum atomic E-state index is -0.234. The Balaban J connectivity index is 1.78. The van der Waals surface area contributed by atoms with Gasteiger partial charge in [0.05, 0.1) is 17.4 Å². The molecule has 0 spiro atoms. The molecule has 6 heteroatoms. The topological polar surface area (TPSA) is 15.6 Å². The maximum atomic E-state index is 13.4. The van der Waals surface area contributed by atoms with E-state index in [9.17, 15) is 4.39 Å². The molecule has 0 amide bonds. The van der Waals surface area contributed by atoms with Crippen LogP contribution in [-0.2, 0) is 0 Å². The molecular formula is C21H14Br3FN2. The van der Waals surface area contributed by atoms with Crippen LogP contribution in [0.2, 0.25) is 0 Å². The van der Waals surface area contributed by atoms with Crippen molar-refractivity contribution >= 4 is 59.2 Å². The van der Waals surface area contributed by atoms with E-state index in [0.29, 0.717) is 0 Å². The third-order valence-electron chi connectivity index (χ3n) is 4.50. The molecule has 1 aliphatic rings. The highest BCUT2D eigenvalue weighted by Gasteiger charge is 2.31. The molecule has 0 unspecified atom stereocenters. The van der Waals surface area contributed by atoms with Crippen molar-refractivity contribution in [2.24, 2.45) is 5.10 Å². The number of hydrogen-bond acceptors (Lipinski definition) is 2. The molecular weight excluding hydrogens is 539 g/mol. The minimum absolute atomic E-state index is 0.00159. The van der Waals surface area contributed by atoms with E-state index in [-0.39, 0.29) is 11.9 Å². The number of halogens is 4. The van der Waals surface area contributed by atoms with Crippen LogP contribution in [0.3, 0.4) is 0 Å². The third-order valence-corrected chi connectivity index (χ3v) is 6.16. The molecule has 136 valence electrons. The Kier molecular flexibility index (Phi) is 5.48. The number of rotatable bonds is 3. The predicted octanol–water partition coefficient (Wildman–Crippen LogP) is 7.47. The molecule has 3 aromatic carbocycles. The molecule has 0 saturated heterocycles. The predicted molar refractivity (Wildman–Crippen MR) is 119 cm³/mol. The zero-order chi connectivity index (χ0) is 19.0. The first-order valence-electron chi connectivity index (χ1n) is 8.34. The maximum absolute atomic E-state index is 13.4. The average Bonchev–Trinajstić information content (AvgIpc) is 3.08. The molecule has 0 aromatic heterocycles. The van der Waals surface area contributed by atoms with Crippen molar-refractivity contribution in [2.75, 3.05) is 5.01 Å². The third kappa shape index (κ3) is 4.03. The molecule has 1 aliphatic heterocycles. The SMILES string of the molecule is Fc1ccc([C@H]2CC(c3ccc(Br)cc3)=NN2c2ccc(Br)cc2Br)cc1. The summed E-state index contributed by atoms with van der Waals surface area (Å²) < 4.78 is 16.4. The van der Waals surface area contributed by atoms with Crippen molar-refractivity contribution in [1.29, 1.82) is 0 Å². The number of hydrogen-bond donors (Lipinski definition) is 0. The molecule has 0 radical (unpaired) electrons.